The number of carbonyl (C=O) groups excluding carboxylic acids is 1. The molecule has 1 N–H and O–H groups in total. The van der Waals surface area contributed by atoms with Gasteiger partial charge in [0.05, 0.1) is 0 Å². The Hall–Kier alpha value is -0.570. The molecular formula is C15H26N2O. The molecule has 3 saturated heterocycles. The second kappa shape index (κ2) is 5.20. The molecule has 0 radical (unpaired) electrons. The number of hydrogen-bond donors (Lipinski definition) is 1. The number of nitrogens with zero attached hydrogens (tertiary/aromatic N) is 1. The summed E-state index contributed by atoms with van der Waals surface area (Å²) in [6.45, 7) is 3.21. The Balaban J connectivity index is 1.54. The van der Waals surface area contributed by atoms with Crippen molar-refractivity contribution in [3.05, 3.63) is 0 Å². The largest absolute Gasteiger partial charge is 0.340 e. The first kappa shape index (κ1) is 12.5. The molecule has 3 rings (SSSR count). The molecule has 0 aromatic heterocycles. The second-order valence-corrected chi connectivity index (χ2v) is 6.61. The van der Waals surface area contributed by atoms with Crippen molar-refractivity contribution in [3.63, 3.8) is 0 Å². The van der Waals surface area contributed by atoms with E-state index in [1.807, 2.05) is 0 Å². The van der Waals surface area contributed by atoms with Crippen LogP contribution in [0.25, 0.3) is 0 Å². The van der Waals surface area contributed by atoms with Crippen molar-refractivity contribution in [2.24, 2.45) is 5.92 Å². The van der Waals surface area contributed by atoms with Crippen molar-refractivity contribution in [2.75, 3.05) is 6.54 Å². The van der Waals surface area contributed by atoms with E-state index in [2.05, 4.69) is 17.1 Å². The number of amides is 1. The molecule has 0 saturated carbocycles. The highest BCUT2D eigenvalue weighted by Crippen LogP contribution is 2.33. The first-order chi connectivity index (χ1) is 8.72. The maximum Gasteiger partial charge on any atom is 0.223 e. The Labute approximate surface area is 110 Å². The minimum Gasteiger partial charge on any atom is -0.340 e. The summed E-state index contributed by atoms with van der Waals surface area (Å²) >= 11 is 0. The fourth-order valence-corrected chi connectivity index (χ4v) is 4.17. The monoisotopic (exact) mass is 250 g/mol. The smallest absolute Gasteiger partial charge is 0.223 e. The van der Waals surface area contributed by atoms with Crippen molar-refractivity contribution < 1.29 is 4.79 Å². The van der Waals surface area contributed by atoms with Crippen molar-refractivity contribution in [2.45, 2.75) is 76.4 Å². The van der Waals surface area contributed by atoms with E-state index in [1.165, 1.54) is 44.9 Å². The number of piperidine rings is 2. The number of nitrogens with one attached hydrogen (secondary N) is 1. The zero-order valence-corrected chi connectivity index (χ0v) is 11.5. The summed E-state index contributed by atoms with van der Waals surface area (Å²) in [4.78, 5) is 14.6. The Kier molecular flexibility index (Phi) is 3.60. The Morgan fingerprint density at radius 3 is 2.56 bits per heavy atom. The van der Waals surface area contributed by atoms with Gasteiger partial charge >= 0.3 is 0 Å². The Morgan fingerprint density at radius 1 is 1.17 bits per heavy atom. The lowest BCUT2D eigenvalue weighted by Gasteiger charge is -2.36. The molecule has 0 aromatic carbocycles. The first-order valence-electron chi connectivity index (χ1n) is 7.78. The number of carbonyl (C=O) groups is 1. The molecular weight excluding hydrogens is 224 g/mol. The summed E-state index contributed by atoms with van der Waals surface area (Å²) in [5.41, 5.74) is 0. The van der Waals surface area contributed by atoms with Gasteiger partial charge in [-0.1, -0.05) is 0 Å². The summed E-state index contributed by atoms with van der Waals surface area (Å²) in [6, 6.07) is 1.89. The van der Waals surface area contributed by atoms with Crippen molar-refractivity contribution >= 4 is 5.91 Å². The Bertz CT molecular complexity index is 306. The molecule has 3 nitrogen and oxygen atoms in total. The lowest BCUT2D eigenvalue weighted by Crippen LogP contribution is -2.44. The van der Waals surface area contributed by atoms with Gasteiger partial charge in [-0.15, -0.1) is 0 Å². The molecule has 3 heterocycles. The Morgan fingerprint density at radius 2 is 1.89 bits per heavy atom. The molecule has 2 bridgehead atoms. The van der Waals surface area contributed by atoms with Crippen LogP contribution in [-0.4, -0.2) is 35.5 Å². The van der Waals surface area contributed by atoms with E-state index < -0.39 is 0 Å². The third-order valence-electron chi connectivity index (χ3n) is 5.16. The summed E-state index contributed by atoms with van der Waals surface area (Å²) in [5.74, 6) is 1.07. The molecule has 3 aliphatic rings. The molecule has 3 fully saturated rings. The van der Waals surface area contributed by atoms with Gasteiger partial charge in [0.25, 0.3) is 0 Å². The van der Waals surface area contributed by atoms with Crippen LogP contribution >= 0.6 is 0 Å². The molecule has 0 spiro atoms. The van der Waals surface area contributed by atoms with Gasteiger partial charge in [0, 0.05) is 31.1 Å². The molecule has 0 aromatic rings. The molecule has 0 aliphatic carbocycles. The van der Waals surface area contributed by atoms with Gasteiger partial charge in [-0.3, -0.25) is 4.79 Å². The maximum absolute atomic E-state index is 12.4. The van der Waals surface area contributed by atoms with E-state index >= 15 is 0 Å². The average Bonchev–Trinajstić information content (AvgIpc) is 2.69. The summed E-state index contributed by atoms with van der Waals surface area (Å²) in [5, 5.41) is 3.66. The van der Waals surface area contributed by atoms with Gasteiger partial charge in [-0.05, 0) is 57.8 Å². The molecule has 3 atom stereocenters. The maximum atomic E-state index is 12.4. The fourth-order valence-electron chi connectivity index (χ4n) is 4.17. The highest BCUT2D eigenvalue weighted by atomic mass is 16.2. The van der Waals surface area contributed by atoms with Crippen LogP contribution in [0.4, 0.5) is 0 Å². The van der Waals surface area contributed by atoms with E-state index in [4.69, 9.17) is 0 Å². The summed E-state index contributed by atoms with van der Waals surface area (Å²) in [6.07, 6.45) is 9.61. The van der Waals surface area contributed by atoms with Gasteiger partial charge in [-0.2, -0.15) is 0 Å². The van der Waals surface area contributed by atoms with Gasteiger partial charge in [-0.25, -0.2) is 0 Å². The van der Waals surface area contributed by atoms with Crippen molar-refractivity contribution in [1.82, 2.24) is 10.2 Å². The van der Waals surface area contributed by atoms with Crippen LogP contribution < -0.4 is 5.32 Å². The van der Waals surface area contributed by atoms with Crippen LogP contribution in [0.5, 0.6) is 0 Å². The zero-order valence-electron chi connectivity index (χ0n) is 11.5. The third-order valence-corrected chi connectivity index (χ3v) is 5.16. The van der Waals surface area contributed by atoms with Crippen LogP contribution in [0.2, 0.25) is 0 Å². The molecule has 102 valence electrons. The standard InChI is InChI=1S/C15H26N2O/c1-11-4-2-3-7-17(11)15(18)10-12-8-13-5-6-14(9-12)16-13/h11-14,16H,2-10H2,1H3. The number of likely N-dealkylation sites (tertiary alicyclic amines) is 1. The van der Waals surface area contributed by atoms with E-state index in [1.54, 1.807) is 0 Å². The molecule has 3 heteroatoms. The predicted octanol–water partition coefficient (Wildman–Crippen LogP) is 2.31. The molecule has 1 amide bonds. The van der Waals surface area contributed by atoms with Crippen molar-refractivity contribution in [3.8, 4) is 0 Å². The fraction of sp³-hybridized carbons (Fsp3) is 0.933. The predicted molar refractivity (Wildman–Crippen MR) is 72.3 cm³/mol. The SMILES string of the molecule is CC1CCCCN1C(=O)CC1CC2CCC(C1)N2. The van der Waals surface area contributed by atoms with E-state index in [-0.39, 0.29) is 0 Å². The molecule has 18 heavy (non-hydrogen) atoms. The van der Waals surface area contributed by atoms with Crippen LogP contribution in [-0.2, 0) is 4.79 Å². The van der Waals surface area contributed by atoms with Crippen molar-refractivity contribution in [1.29, 1.82) is 0 Å². The van der Waals surface area contributed by atoms with Crippen LogP contribution in [0.3, 0.4) is 0 Å². The van der Waals surface area contributed by atoms with E-state index in [0.717, 1.165) is 13.0 Å². The average molecular weight is 250 g/mol. The van der Waals surface area contributed by atoms with Gasteiger partial charge < -0.3 is 10.2 Å². The number of rotatable bonds is 2. The van der Waals surface area contributed by atoms with E-state index in [9.17, 15) is 4.79 Å². The number of hydrogen-bond acceptors (Lipinski definition) is 2. The van der Waals surface area contributed by atoms with E-state index in [0.29, 0.717) is 30.0 Å². The van der Waals surface area contributed by atoms with Gasteiger partial charge in [0.2, 0.25) is 5.91 Å². The third kappa shape index (κ3) is 2.56. The minimum atomic E-state index is 0.425. The van der Waals surface area contributed by atoms with Crippen LogP contribution in [0.15, 0.2) is 0 Å². The van der Waals surface area contributed by atoms with Crippen LogP contribution in [0.1, 0.15) is 58.3 Å². The molecule has 3 unspecified atom stereocenters. The lowest BCUT2D eigenvalue weighted by molar-refractivity contribution is -0.135. The number of fused-ring (bicyclic) bond motifs is 2. The van der Waals surface area contributed by atoms with Gasteiger partial charge in [0.1, 0.15) is 0 Å². The normalized spacial score (nSPS) is 39.9. The molecule has 3 aliphatic heterocycles. The lowest BCUT2D eigenvalue weighted by atomic mass is 9.88. The topological polar surface area (TPSA) is 32.3 Å². The summed E-state index contributed by atoms with van der Waals surface area (Å²) in [7, 11) is 0. The minimum absolute atomic E-state index is 0.425. The summed E-state index contributed by atoms with van der Waals surface area (Å²) < 4.78 is 0. The first-order valence-corrected chi connectivity index (χ1v) is 7.78. The zero-order chi connectivity index (χ0) is 12.5. The second-order valence-electron chi connectivity index (χ2n) is 6.61. The van der Waals surface area contributed by atoms with Crippen LogP contribution in [0, 0.1) is 5.92 Å². The quantitative estimate of drug-likeness (QED) is 0.815. The highest BCUT2D eigenvalue weighted by Gasteiger charge is 2.35. The highest BCUT2D eigenvalue weighted by molar-refractivity contribution is 5.76. The van der Waals surface area contributed by atoms with Gasteiger partial charge in [0.15, 0.2) is 0 Å².